The van der Waals surface area contributed by atoms with E-state index in [1.54, 1.807) is 13.4 Å². The Hall–Kier alpha value is -7.14. The second kappa shape index (κ2) is 18.6. The van der Waals surface area contributed by atoms with Gasteiger partial charge in [0.1, 0.15) is 17.9 Å². The number of methoxy groups -OCH3 is 1. The Morgan fingerprint density at radius 1 is 0.645 bits per heavy atom. The second-order valence-corrected chi connectivity index (χ2v) is 15.4. The van der Waals surface area contributed by atoms with Crippen LogP contribution in [0.4, 0.5) is 5.95 Å². The van der Waals surface area contributed by atoms with E-state index < -0.39 is 23.6 Å². The van der Waals surface area contributed by atoms with Gasteiger partial charge in [0.2, 0.25) is 11.8 Å². The highest BCUT2D eigenvalue weighted by Crippen LogP contribution is 2.42. The third-order valence-electron chi connectivity index (χ3n) is 11.5. The lowest BCUT2D eigenvalue weighted by Crippen LogP contribution is -2.38. The molecule has 1 aliphatic carbocycles. The van der Waals surface area contributed by atoms with Gasteiger partial charge in [-0.3, -0.25) is 4.79 Å². The summed E-state index contributed by atoms with van der Waals surface area (Å²) >= 11 is 0. The predicted octanol–water partition coefficient (Wildman–Crippen LogP) is 9.75. The third kappa shape index (κ3) is 8.56. The summed E-state index contributed by atoms with van der Waals surface area (Å²) in [7, 11) is 1.66. The lowest BCUT2D eigenvalue weighted by Gasteiger charge is -2.37. The van der Waals surface area contributed by atoms with E-state index in [1.165, 1.54) is 0 Å². The first-order chi connectivity index (χ1) is 30.6. The number of benzene rings is 6. The van der Waals surface area contributed by atoms with Crippen LogP contribution in [0.3, 0.4) is 0 Å². The number of hydrogen-bond acceptors (Lipinski definition) is 9. The summed E-state index contributed by atoms with van der Waals surface area (Å²) in [6.45, 7) is 1.21. The SMILES string of the molecule is COc1ccc(C(Nc2nc(OCc3ccccc3)c3ncn([C@H]4C[C@H](OCc5ccccc5)[C@@H](COCc5ccccc5)C4=O)c3n2)(c2ccccc2)c2ccccc2)cc1. The van der Waals surface area contributed by atoms with Crippen LogP contribution in [0.1, 0.15) is 45.8 Å². The standard InChI is InChI=1S/C52H47N5O5/c1-59-43-29-27-42(28-30-43)52(40-23-13-5-14-24-40,41-25-15-6-16-26-41)56-51-54-49-47(50(55-51)62-34-39-21-11-4-12-22-39)53-36-57(49)45-31-46(61-33-38-19-9-3-10-20-38)44(48(45)58)35-60-32-37-17-7-2-8-18-37/h2-30,36,44-46H,31-35H2,1H3,(H,54,55,56)/t44-,45+,46+/m1/s1. The molecule has 62 heavy (non-hydrogen) atoms. The van der Waals surface area contributed by atoms with Crippen molar-refractivity contribution in [2.75, 3.05) is 19.0 Å². The van der Waals surface area contributed by atoms with E-state index >= 15 is 0 Å². The highest BCUT2D eigenvalue weighted by atomic mass is 16.5. The summed E-state index contributed by atoms with van der Waals surface area (Å²) < 4.78 is 26.8. The Labute approximate surface area is 361 Å². The summed E-state index contributed by atoms with van der Waals surface area (Å²) in [6, 6.07) is 57.7. The van der Waals surface area contributed by atoms with Crippen molar-refractivity contribution in [2.24, 2.45) is 5.92 Å². The zero-order valence-electron chi connectivity index (χ0n) is 34.4. The zero-order valence-corrected chi connectivity index (χ0v) is 34.4. The van der Waals surface area contributed by atoms with Gasteiger partial charge in [0.15, 0.2) is 16.9 Å². The zero-order chi connectivity index (χ0) is 42.1. The number of anilines is 1. The number of Topliss-reactive ketones (excluding diaryl/α,β-unsaturated/α-hetero) is 1. The van der Waals surface area contributed by atoms with Crippen LogP contribution in [0.25, 0.3) is 11.2 Å². The molecule has 1 N–H and O–H groups in total. The van der Waals surface area contributed by atoms with Gasteiger partial charge in [-0.2, -0.15) is 9.97 Å². The fourth-order valence-corrected chi connectivity index (χ4v) is 8.31. The normalized spacial score (nSPS) is 16.3. The van der Waals surface area contributed by atoms with Crippen molar-refractivity contribution < 1.29 is 23.7 Å². The number of ketones is 1. The van der Waals surface area contributed by atoms with Crippen LogP contribution in [0.15, 0.2) is 182 Å². The monoisotopic (exact) mass is 821 g/mol. The molecule has 8 aromatic rings. The first-order valence-corrected chi connectivity index (χ1v) is 20.8. The predicted molar refractivity (Wildman–Crippen MR) is 239 cm³/mol. The van der Waals surface area contributed by atoms with Crippen molar-refractivity contribution >= 4 is 22.9 Å². The quantitative estimate of drug-likeness (QED) is 0.0899. The number of imidazole rings is 1. The molecule has 0 spiro atoms. The minimum Gasteiger partial charge on any atom is -0.497 e. The molecule has 0 amide bonds. The summed E-state index contributed by atoms with van der Waals surface area (Å²) in [5, 5.41) is 3.81. The maximum atomic E-state index is 14.7. The van der Waals surface area contributed by atoms with Gasteiger partial charge in [0, 0.05) is 6.42 Å². The summed E-state index contributed by atoms with van der Waals surface area (Å²) in [6.07, 6.45) is 1.68. The highest BCUT2D eigenvalue weighted by molar-refractivity contribution is 5.90. The van der Waals surface area contributed by atoms with Crippen LogP contribution in [0.5, 0.6) is 11.6 Å². The van der Waals surface area contributed by atoms with E-state index in [1.807, 2.05) is 156 Å². The molecule has 0 aliphatic heterocycles. The Morgan fingerprint density at radius 3 is 1.76 bits per heavy atom. The third-order valence-corrected chi connectivity index (χ3v) is 11.5. The molecule has 2 heterocycles. The maximum absolute atomic E-state index is 14.7. The van der Waals surface area contributed by atoms with Crippen LogP contribution in [-0.4, -0.2) is 45.1 Å². The molecule has 10 heteroatoms. The molecular formula is C52H47N5O5. The molecule has 0 saturated heterocycles. The minimum absolute atomic E-state index is 0.00329. The topological polar surface area (TPSA) is 110 Å². The molecular weight excluding hydrogens is 775 g/mol. The van der Waals surface area contributed by atoms with Gasteiger partial charge >= 0.3 is 0 Å². The molecule has 310 valence electrons. The first-order valence-electron chi connectivity index (χ1n) is 20.8. The fourth-order valence-electron chi connectivity index (χ4n) is 8.31. The molecule has 0 unspecified atom stereocenters. The fraction of sp³-hybridized carbons (Fsp3) is 0.192. The average molecular weight is 822 g/mol. The number of carbonyl (C=O) groups excluding carboxylic acids is 1. The van der Waals surface area contributed by atoms with Gasteiger partial charge < -0.3 is 28.8 Å². The van der Waals surface area contributed by atoms with E-state index in [0.717, 1.165) is 39.1 Å². The maximum Gasteiger partial charge on any atom is 0.247 e. The van der Waals surface area contributed by atoms with Gasteiger partial charge in [0.25, 0.3) is 0 Å². The van der Waals surface area contributed by atoms with Crippen LogP contribution in [0.2, 0.25) is 0 Å². The van der Waals surface area contributed by atoms with Crippen molar-refractivity contribution in [3.63, 3.8) is 0 Å². The molecule has 1 fully saturated rings. The molecule has 9 rings (SSSR count). The van der Waals surface area contributed by atoms with Crippen LogP contribution < -0.4 is 14.8 Å². The summed E-state index contributed by atoms with van der Waals surface area (Å²) in [5.41, 5.74) is 5.81. The van der Waals surface area contributed by atoms with Crippen molar-refractivity contribution in [1.29, 1.82) is 0 Å². The second-order valence-electron chi connectivity index (χ2n) is 15.4. The van der Waals surface area contributed by atoms with Crippen molar-refractivity contribution in [1.82, 2.24) is 19.5 Å². The van der Waals surface area contributed by atoms with Gasteiger partial charge in [-0.25, -0.2) is 4.98 Å². The average Bonchev–Trinajstić information content (AvgIpc) is 3.90. The Bertz CT molecular complexity index is 2640. The Morgan fingerprint density at radius 2 is 1.18 bits per heavy atom. The number of carbonyl (C=O) groups is 1. The number of ether oxygens (including phenoxy) is 4. The van der Waals surface area contributed by atoms with Crippen molar-refractivity contribution in [3.05, 3.63) is 216 Å². The van der Waals surface area contributed by atoms with E-state index in [0.29, 0.717) is 30.8 Å². The van der Waals surface area contributed by atoms with E-state index in [-0.39, 0.29) is 30.8 Å². The van der Waals surface area contributed by atoms with E-state index in [4.69, 9.17) is 33.9 Å². The number of rotatable bonds is 17. The summed E-state index contributed by atoms with van der Waals surface area (Å²) in [5.74, 6) is 0.789. The molecule has 1 aliphatic rings. The van der Waals surface area contributed by atoms with E-state index in [2.05, 4.69) is 29.6 Å². The number of aromatic nitrogens is 4. The lowest BCUT2D eigenvalue weighted by atomic mass is 9.77. The molecule has 10 nitrogen and oxygen atoms in total. The molecule has 3 atom stereocenters. The molecule has 1 saturated carbocycles. The van der Waals surface area contributed by atoms with Gasteiger partial charge in [0.05, 0.1) is 51.3 Å². The number of nitrogens with one attached hydrogen (secondary N) is 1. The summed E-state index contributed by atoms with van der Waals surface area (Å²) in [4.78, 5) is 29.8. The smallest absolute Gasteiger partial charge is 0.247 e. The molecule has 0 bridgehead atoms. The highest BCUT2D eigenvalue weighted by Gasteiger charge is 2.45. The van der Waals surface area contributed by atoms with Crippen molar-refractivity contribution in [2.45, 2.75) is 43.9 Å². The van der Waals surface area contributed by atoms with Crippen LogP contribution >= 0.6 is 0 Å². The van der Waals surface area contributed by atoms with Gasteiger partial charge in [-0.05, 0) is 45.5 Å². The largest absolute Gasteiger partial charge is 0.497 e. The number of nitrogens with zero attached hydrogens (tertiary/aromatic N) is 4. The Kier molecular flexibility index (Phi) is 12.1. The molecule has 0 radical (unpaired) electrons. The number of fused-ring (bicyclic) bond motifs is 1. The first kappa shape index (κ1) is 40.3. The van der Waals surface area contributed by atoms with E-state index in [9.17, 15) is 4.79 Å². The number of hydrogen-bond donors (Lipinski definition) is 1. The lowest BCUT2D eigenvalue weighted by molar-refractivity contribution is -0.127. The molecule has 2 aromatic heterocycles. The van der Waals surface area contributed by atoms with Crippen molar-refractivity contribution in [3.8, 4) is 11.6 Å². The Balaban J connectivity index is 1.13. The molecule has 6 aromatic carbocycles. The van der Waals surface area contributed by atoms with Gasteiger partial charge in [-0.1, -0.05) is 164 Å². The van der Waals surface area contributed by atoms with Crippen LogP contribution in [0, 0.1) is 5.92 Å². The van der Waals surface area contributed by atoms with Gasteiger partial charge in [-0.15, -0.1) is 0 Å². The van der Waals surface area contributed by atoms with Crippen LogP contribution in [-0.2, 0) is 39.6 Å². The minimum atomic E-state index is -0.981.